The van der Waals surface area contributed by atoms with Gasteiger partial charge in [-0.25, -0.2) is 0 Å². The SMILES string of the molecule is CC(C)C1CCCN(C(=O)C2CNC2)CC1. The van der Waals surface area contributed by atoms with E-state index in [1.54, 1.807) is 0 Å². The summed E-state index contributed by atoms with van der Waals surface area (Å²) in [5.41, 5.74) is 0. The lowest BCUT2D eigenvalue weighted by Crippen LogP contribution is -2.52. The Kier molecular flexibility index (Phi) is 3.85. The third-order valence-electron chi connectivity index (χ3n) is 4.16. The maximum atomic E-state index is 12.1. The van der Waals surface area contributed by atoms with Crippen molar-refractivity contribution in [3.05, 3.63) is 0 Å². The summed E-state index contributed by atoms with van der Waals surface area (Å²) in [6.07, 6.45) is 3.68. The molecule has 16 heavy (non-hydrogen) atoms. The third kappa shape index (κ3) is 2.57. The molecule has 3 nitrogen and oxygen atoms in total. The first-order valence-corrected chi connectivity index (χ1v) is 6.68. The Bertz CT molecular complexity index is 248. The molecule has 2 fully saturated rings. The van der Waals surface area contributed by atoms with Gasteiger partial charge in [0.1, 0.15) is 0 Å². The summed E-state index contributed by atoms with van der Waals surface area (Å²) in [5, 5.41) is 3.18. The molecule has 0 aliphatic carbocycles. The van der Waals surface area contributed by atoms with E-state index in [1.807, 2.05) is 0 Å². The van der Waals surface area contributed by atoms with Crippen molar-refractivity contribution in [2.45, 2.75) is 33.1 Å². The van der Waals surface area contributed by atoms with E-state index >= 15 is 0 Å². The topological polar surface area (TPSA) is 32.3 Å². The molecule has 2 aliphatic rings. The summed E-state index contributed by atoms with van der Waals surface area (Å²) < 4.78 is 0. The highest BCUT2D eigenvalue weighted by atomic mass is 16.2. The van der Waals surface area contributed by atoms with Crippen LogP contribution in [0.3, 0.4) is 0 Å². The molecule has 0 aromatic heterocycles. The van der Waals surface area contributed by atoms with E-state index in [4.69, 9.17) is 0 Å². The van der Waals surface area contributed by atoms with Gasteiger partial charge in [-0.15, -0.1) is 0 Å². The van der Waals surface area contributed by atoms with Crippen LogP contribution >= 0.6 is 0 Å². The normalized spacial score (nSPS) is 27.7. The molecule has 0 aromatic carbocycles. The van der Waals surface area contributed by atoms with E-state index in [0.29, 0.717) is 5.91 Å². The minimum atomic E-state index is 0.274. The van der Waals surface area contributed by atoms with Crippen molar-refractivity contribution in [3.63, 3.8) is 0 Å². The van der Waals surface area contributed by atoms with E-state index in [9.17, 15) is 4.79 Å². The number of hydrogen-bond acceptors (Lipinski definition) is 2. The largest absolute Gasteiger partial charge is 0.342 e. The second-order valence-electron chi connectivity index (χ2n) is 5.62. The summed E-state index contributed by atoms with van der Waals surface area (Å²) in [4.78, 5) is 14.2. The van der Waals surface area contributed by atoms with E-state index in [0.717, 1.165) is 38.0 Å². The molecule has 1 N–H and O–H groups in total. The lowest BCUT2D eigenvalue weighted by molar-refractivity contribution is -0.137. The summed E-state index contributed by atoms with van der Waals surface area (Å²) in [6, 6.07) is 0. The number of carbonyl (C=O) groups is 1. The highest BCUT2D eigenvalue weighted by Crippen LogP contribution is 2.25. The van der Waals surface area contributed by atoms with Crippen molar-refractivity contribution in [3.8, 4) is 0 Å². The highest BCUT2D eigenvalue weighted by molar-refractivity contribution is 5.80. The third-order valence-corrected chi connectivity index (χ3v) is 4.16. The minimum absolute atomic E-state index is 0.274. The predicted molar refractivity (Wildman–Crippen MR) is 65.1 cm³/mol. The minimum Gasteiger partial charge on any atom is -0.342 e. The lowest BCUT2D eigenvalue weighted by atomic mass is 9.89. The number of likely N-dealkylation sites (tertiary alicyclic amines) is 1. The van der Waals surface area contributed by atoms with Crippen molar-refractivity contribution in [1.29, 1.82) is 0 Å². The molecule has 2 rings (SSSR count). The fourth-order valence-corrected chi connectivity index (χ4v) is 2.73. The molecule has 1 unspecified atom stereocenters. The molecule has 0 radical (unpaired) electrons. The maximum absolute atomic E-state index is 12.1. The molecular weight excluding hydrogens is 200 g/mol. The van der Waals surface area contributed by atoms with Gasteiger partial charge in [-0.2, -0.15) is 0 Å². The monoisotopic (exact) mass is 224 g/mol. The average molecular weight is 224 g/mol. The number of carbonyl (C=O) groups excluding carboxylic acids is 1. The quantitative estimate of drug-likeness (QED) is 0.771. The predicted octanol–water partition coefficient (Wildman–Crippen LogP) is 1.49. The van der Waals surface area contributed by atoms with E-state index < -0.39 is 0 Å². The van der Waals surface area contributed by atoms with Crippen LogP contribution in [0.25, 0.3) is 0 Å². The van der Waals surface area contributed by atoms with Crippen LogP contribution in [0.15, 0.2) is 0 Å². The summed E-state index contributed by atoms with van der Waals surface area (Å²) in [5.74, 6) is 2.25. The van der Waals surface area contributed by atoms with E-state index in [2.05, 4.69) is 24.1 Å². The molecule has 0 bridgehead atoms. The fraction of sp³-hybridized carbons (Fsp3) is 0.923. The van der Waals surface area contributed by atoms with Gasteiger partial charge in [-0.1, -0.05) is 13.8 Å². The molecule has 0 saturated carbocycles. The summed E-state index contributed by atoms with van der Waals surface area (Å²) in [7, 11) is 0. The smallest absolute Gasteiger partial charge is 0.228 e. The summed E-state index contributed by atoms with van der Waals surface area (Å²) >= 11 is 0. The van der Waals surface area contributed by atoms with Crippen molar-refractivity contribution in [1.82, 2.24) is 10.2 Å². The van der Waals surface area contributed by atoms with Crippen LogP contribution in [0.2, 0.25) is 0 Å². The molecule has 2 saturated heterocycles. The first-order chi connectivity index (χ1) is 7.68. The number of rotatable bonds is 2. The van der Waals surface area contributed by atoms with Crippen LogP contribution in [0, 0.1) is 17.8 Å². The molecule has 2 aliphatic heterocycles. The second kappa shape index (κ2) is 5.17. The highest BCUT2D eigenvalue weighted by Gasteiger charge is 2.30. The zero-order valence-corrected chi connectivity index (χ0v) is 10.5. The Labute approximate surface area is 98.6 Å². The molecule has 92 valence electrons. The number of nitrogens with one attached hydrogen (secondary N) is 1. The second-order valence-corrected chi connectivity index (χ2v) is 5.62. The van der Waals surface area contributed by atoms with Crippen LogP contribution in [0.1, 0.15) is 33.1 Å². The molecule has 2 heterocycles. The van der Waals surface area contributed by atoms with Gasteiger partial charge in [0.25, 0.3) is 0 Å². The Morgan fingerprint density at radius 3 is 2.56 bits per heavy atom. The van der Waals surface area contributed by atoms with Gasteiger partial charge in [0.2, 0.25) is 5.91 Å². The number of nitrogens with zero attached hydrogens (tertiary/aromatic N) is 1. The van der Waals surface area contributed by atoms with Crippen LogP contribution in [0.4, 0.5) is 0 Å². The Morgan fingerprint density at radius 2 is 2.00 bits per heavy atom. The zero-order chi connectivity index (χ0) is 11.5. The van der Waals surface area contributed by atoms with Crippen molar-refractivity contribution in [2.75, 3.05) is 26.2 Å². The molecular formula is C13H24N2O. The van der Waals surface area contributed by atoms with Crippen molar-refractivity contribution < 1.29 is 4.79 Å². The van der Waals surface area contributed by atoms with Crippen molar-refractivity contribution >= 4 is 5.91 Å². The average Bonchev–Trinajstić information content (AvgIpc) is 2.39. The van der Waals surface area contributed by atoms with Crippen LogP contribution in [0.5, 0.6) is 0 Å². The summed E-state index contributed by atoms with van der Waals surface area (Å²) in [6.45, 7) is 8.36. The van der Waals surface area contributed by atoms with Gasteiger partial charge < -0.3 is 10.2 Å². The van der Waals surface area contributed by atoms with Crippen molar-refractivity contribution in [2.24, 2.45) is 17.8 Å². The molecule has 0 spiro atoms. The molecule has 3 heteroatoms. The Hall–Kier alpha value is -0.570. The first-order valence-electron chi connectivity index (χ1n) is 6.68. The van der Waals surface area contributed by atoms with Gasteiger partial charge in [0.05, 0.1) is 5.92 Å². The van der Waals surface area contributed by atoms with Crippen LogP contribution in [-0.4, -0.2) is 37.0 Å². The van der Waals surface area contributed by atoms with E-state index in [-0.39, 0.29) is 5.92 Å². The molecule has 1 atom stereocenters. The van der Waals surface area contributed by atoms with Gasteiger partial charge in [0.15, 0.2) is 0 Å². The lowest BCUT2D eigenvalue weighted by Gasteiger charge is -2.32. The van der Waals surface area contributed by atoms with Gasteiger partial charge in [0, 0.05) is 26.2 Å². The maximum Gasteiger partial charge on any atom is 0.228 e. The van der Waals surface area contributed by atoms with Gasteiger partial charge in [-0.3, -0.25) is 4.79 Å². The van der Waals surface area contributed by atoms with Crippen LogP contribution in [-0.2, 0) is 4.79 Å². The Balaban J connectivity index is 1.85. The Morgan fingerprint density at radius 1 is 1.25 bits per heavy atom. The fourth-order valence-electron chi connectivity index (χ4n) is 2.73. The van der Waals surface area contributed by atoms with Gasteiger partial charge in [-0.05, 0) is 31.1 Å². The first kappa shape index (κ1) is 11.9. The number of hydrogen-bond donors (Lipinski definition) is 1. The van der Waals surface area contributed by atoms with E-state index in [1.165, 1.54) is 19.3 Å². The molecule has 1 amide bonds. The number of amides is 1. The standard InChI is InChI=1S/C13H24N2O/c1-10(2)11-4-3-6-15(7-5-11)13(16)12-8-14-9-12/h10-12,14H,3-9H2,1-2H3. The molecule has 0 aromatic rings. The van der Waals surface area contributed by atoms with Gasteiger partial charge >= 0.3 is 0 Å². The van der Waals surface area contributed by atoms with Crippen LogP contribution < -0.4 is 5.32 Å². The zero-order valence-electron chi connectivity index (χ0n) is 10.5.